The molecule has 19 heavy (non-hydrogen) atoms. The van der Waals surface area contributed by atoms with Gasteiger partial charge in [0.05, 0.1) is 0 Å². The third-order valence-corrected chi connectivity index (χ3v) is 3.83. The van der Waals surface area contributed by atoms with Crippen molar-refractivity contribution in [2.45, 2.75) is 25.8 Å². The van der Waals surface area contributed by atoms with Crippen molar-refractivity contribution in [1.82, 2.24) is 0 Å². The maximum absolute atomic E-state index is 13.9. The van der Waals surface area contributed by atoms with Crippen molar-refractivity contribution in [3.63, 3.8) is 0 Å². The topological polar surface area (TPSA) is 26.0 Å². The van der Waals surface area contributed by atoms with Crippen molar-refractivity contribution in [2.75, 3.05) is 0 Å². The third kappa shape index (κ3) is 3.23. The van der Waals surface area contributed by atoms with Gasteiger partial charge in [-0.15, -0.1) is 0 Å². The molecule has 0 fully saturated rings. The largest absolute Gasteiger partial charge is 0.321 e. The SMILES string of the molecule is Cc1ccccc1C(C)(N)Cc1ccc(Br)cc1F. The summed E-state index contributed by atoms with van der Waals surface area (Å²) in [6, 6.07) is 13.1. The lowest BCUT2D eigenvalue weighted by Gasteiger charge is -2.27. The Morgan fingerprint density at radius 3 is 2.53 bits per heavy atom. The molecule has 100 valence electrons. The number of hydrogen-bond acceptors (Lipinski definition) is 1. The molecule has 2 aromatic carbocycles. The molecule has 0 saturated carbocycles. The van der Waals surface area contributed by atoms with Crippen LogP contribution in [0.1, 0.15) is 23.6 Å². The average molecular weight is 322 g/mol. The Kier molecular flexibility index (Phi) is 4.07. The van der Waals surface area contributed by atoms with Gasteiger partial charge in [0.25, 0.3) is 0 Å². The molecule has 0 saturated heterocycles. The Balaban J connectivity index is 2.33. The lowest BCUT2D eigenvalue weighted by atomic mass is 9.84. The second kappa shape index (κ2) is 5.43. The molecule has 2 N–H and O–H groups in total. The monoisotopic (exact) mass is 321 g/mol. The summed E-state index contributed by atoms with van der Waals surface area (Å²) in [6.45, 7) is 3.97. The zero-order valence-corrected chi connectivity index (χ0v) is 12.7. The molecule has 0 aliphatic carbocycles. The molecule has 2 rings (SSSR count). The predicted molar refractivity (Wildman–Crippen MR) is 80.5 cm³/mol. The van der Waals surface area contributed by atoms with Crippen molar-refractivity contribution in [2.24, 2.45) is 5.73 Å². The van der Waals surface area contributed by atoms with Crippen LogP contribution in [0.15, 0.2) is 46.9 Å². The molecule has 0 amide bonds. The zero-order chi connectivity index (χ0) is 14.0. The van der Waals surface area contributed by atoms with Gasteiger partial charge in [-0.1, -0.05) is 46.3 Å². The van der Waals surface area contributed by atoms with E-state index >= 15 is 0 Å². The fourth-order valence-electron chi connectivity index (χ4n) is 2.37. The Labute approximate surface area is 121 Å². The molecule has 2 aromatic rings. The molecular formula is C16H17BrFN. The summed E-state index contributed by atoms with van der Waals surface area (Å²) in [5, 5.41) is 0. The van der Waals surface area contributed by atoms with Crippen molar-refractivity contribution in [3.05, 3.63) is 69.4 Å². The normalized spacial score (nSPS) is 14.2. The first-order valence-electron chi connectivity index (χ1n) is 6.19. The van der Waals surface area contributed by atoms with Crippen molar-refractivity contribution < 1.29 is 4.39 Å². The second-order valence-corrected chi connectivity index (χ2v) is 6.06. The van der Waals surface area contributed by atoms with Gasteiger partial charge in [-0.2, -0.15) is 0 Å². The zero-order valence-electron chi connectivity index (χ0n) is 11.1. The van der Waals surface area contributed by atoms with Crippen LogP contribution >= 0.6 is 15.9 Å². The first-order valence-corrected chi connectivity index (χ1v) is 6.98. The minimum Gasteiger partial charge on any atom is -0.321 e. The lowest BCUT2D eigenvalue weighted by molar-refractivity contribution is 0.473. The van der Waals surface area contributed by atoms with Crippen LogP contribution < -0.4 is 5.73 Å². The first-order chi connectivity index (χ1) is 8.90. The Hall–Kier alpha value is -1.19. The quantitative estimate of drug-likeness (QED) is 0.895. The molecule has 1 atom stereocenters. The summed E-state index contributed by atoms with van der Waals surface area (Å²) in [5.74, 6) is -0.223. The van der Waals surface area contributed by atoms with Crippen LogP contribution in [0.2, 0.25) is 0 Å². The van der Waals surface area contributed by atoms with Gasteiger partial charge in [0.15, 0.2) is 0 Å². The summed E-state index contributed by atoms with van der Waals surface area (Å²) >= 11 is 3.26. The molecule has 0 aliphatic rings. The smallest absolute Gasteiger partial charge is 0.127 e. The number of halogens is 2. The van der Waals surface area contributed by atoms with Gasteiger partial charge >= 0.3 is 0 Å². The molecule has 1 nitrogen and oxygen atoms in total. The van der Waals surface area contributed by atoms with Crippen molar-refractivity contribution in [1.29, 1.82) is 0 Å². The Morgan fingerprint density at radius 1 is 1.21 bits per heavy atom. The maximum atomic E-state index is 13.9. The van der Waals surface area contributed by atoms with Crippen LogP contribution in [0.5, 0.6) is 0 Å². The van der Waals surface area contributed by atoms with Gasteiger partial charge < -0.3 is 5.73 Å². The highest BCUT2D eigenvalue weighted by Gasteiger charge is 2.24. The number of nitrogens with two attached hydrogens (primary N) is 1. The highest BCUT2D eigenvalue weighted by molar-refractivity contribution is 9.10. The molecule has 0 radical (unpaired) electrons. The van der Waals surface area contributed by atoms with Crippen LogP contribution in [-0.4, -0.2) is 0 Å². The molecule has 0 aromatic heterocycles. The Morgan fingerprint density at radius 2 is 1.89 bits per heavy atom. The third-order valence-electron chi connectivity index (χ3n) is 3.33. The van der Waals surface area contributed by atoms with E-state index in [1.54, 1.807) is 6.07 Å². The van der Waals surface area contributed by atoms with Crippen molar-refractivity contribution >= 4 is 15.9 Å². The Bertz CT molecular complexity index is 593. The molecule has 1 unspecified atom stereocenters. The standard InChI is InChI=1S/C16H17BrFN/c1-11-5-3-4-6-14(11)16(2,19)10-12-7-8-13(17)9-15(12)18/h3-9H,10,19H2,1-2H3. The highest BCUT2D eigenvalue weighted by Crippen LogP contribution is 2.27. The molecular weight excluding hydrogens is 305 g/mol. The van der Waals surface area contributed by atoms with E-state index in [4.69, 9.17) is 5.73 Å². The van der Waals surface area contributed by atoms with Gasteiger partial charge in [-0.25, -0.2) is 4.39 Å². The van der Waals surface area contributed by atoms with E-state index in [9.17, 15) is 4.39 Å². The summed E-state index contributed by atoms with van der Waals surface area (Å²) < 4.78 is 14.7. The van der Waals surface area contributed by atoms with E-state index in [1.807, 2.05) is 44.2 Å². The first kappa shape index (κ1) is 14.2. The van der Waals surface area contributed by atoms with Gasteiger partial charge in [0, 0.05) is 10.0 Å². The lowest BCUT2D eigenvalue weighted by Crippen LogP contribution is -2.36. The summed E-state index contributed by atoms with van der Waals surface area (Å²) in [5.41, 5.74) is 8.63. The van der Waals surface area contributed by atoms with E-state index in [2.05, 4.69) is 15.9 Å². The van der Waals surface area contributed by atoms with E-state index in [0.29, 0.717) is 12.0 Å². The minimum atomic E-state index is -0.583. The van der Waals surface area contributed by atoms with Gasteiger partial charge in [0.2, 0.25) is 0 Å². The summed E-state index contributed by atoms with van der Waals surface area (Å²) in [4.78, 5) is 0. The second-order valence-electron chi connectivity index (χ2n) is 5.14. The van der Waals surface area contributed by atoms with Crippen LogP contribution in [0.3, 0.4) is 0 Å². The molecule has 0 heterocycles. The number of benzene rings is 2. The van der Waals surface area contributed by atoms with Gasteiger partial charge in [-0.3, -0.25) is 0 Å². The van der Waals surface area contributed by atoms with Crippen LogP contribution in [0.25, 0.3) is 0 Å². The van der Waals surface area contributed by atoms with Crippen molar-refractivity contribution in [3.8, 4) is 0 Å². The average Bonchev–Trinajstić information content (AvgIpc) is 2.33. The van der Waals surface area contributed by atoms with Gasteiger partial charge in [0.1, 0.15) is 5.82 Å². The number of hydrogen-bond donors (Lipinski definition) is 1. The van der Waals surface area contributed by atoms with Crippen LogP contribution in [0.4, 0.5) is 4.39 Å². The molecule has 3 heteroatoms. The van der Waals surface area contributed by atoms with Gasteiger partial charge in [-0.05, 0) is 49.1 Å². The molecule has 0 bridgehead atoms. The minimum absolute atomic E-state index is 0.223. The number of rotatable bonds is 3. The van der Waals surface area contributed by atoms with E-state index < -0.39 is 5.54 Å². The van der Waals surface area contributed by atoms with Crippen LogP contribution in [0, 0.1) is 12.7 Å². The summed E-state index contributed by atoms with van der Waals surface area (Å²) in [7, 11) is 0. The van der Waals surface area contributed by atoms with E-state index in [-0.39, 0.29) is 5.82 Å². The fourth-order valence-corrected chi connectivity index (χ4v) is 2.70. The maximum Gasteiger partial charge on any atom is 0.127 e. The summed E-state index contributed by atoms with van der Waals surface area (Å²) in [6.07, 6.45) is 0.469. The van der Waals surface area contributed by atoms with E-state index in [1.165, 1.54) is 6.07 Å². The molecule has 0 spiro atoms. The highest BCUT2D eigenvalue weighted by atomic mass is 79.9. The van der Waals surface area contributed by atoms with E-state index in [0.717, 1.165) is 15.6 Å². The predicted octanol–water partition coefficient (Wildman–Crippen LogP) is 4.31. The molecule has 0 aliphatic heterocycles. The van der Waals surface area contributed by atoms with Crippen LogP contribution in [-0.2, 0) is 12.0 Å². The number of aryl methyl sites for hydroxylation is 1. The fraction of sp³-hybridized carbons (Fsp3) is 0.250.